The van der Waals surface area contributed by atoms with Crippen LogP contribution >= 0.6 is 0 Å². The molecule has 2 aromatic heterocycles. The number of rotatable bonds is 9. The minimum absolute atomic E-state index is 0.0508. The third-order valence-corrected chi connectivity index (χ3v) is 6.06. The van der Waals surface area contributed by atoms with Gasteiger partial charge >= 0.3 is 0 Å². The van der Waals surface area contributed by atoms with Crippen molar-refractivity contribution in [3.05, 3.63) is 35.2 Å². The van der Waals surface area contributed by atoms with Gasteiger partial charge in [0.1, 0.15) is 0 Å². The molecule has 1 amide bonds. The summed E-state index contributed by atoms with van der Waals surface area (Å²) in [6, 6.07) is 5.69. The van der Waals surface area contributed by atoms with E-state index >= 15 is 0 Å². The molecule has 1 aliphatic rings. The second kappa shape index (κ2) is 11.0. The molecular weight excluding hydrogens is 454 g/mol. The summed E-state index contributed by atoms with van der Waals surface area (Å²) in [5.41, 5.74) is 9.73. The van der Waals surface area contributed by atoms with Gasteiger partial charge in [-0.2, -0.15) is 9.78 Å². The summed E-state index contributed by atoms with van der Waals surface area (Å²) in [4.78, 5) is 15.2. The topological polar surface area (TPSA) is 159 Å². The van der Waals surface area contributed by atoms with Crippen molar-refractivity contribution >= 4 is 17.9 Å². The number of nitrogens with two attached hydrogens (primary N) is 1. The molecule has 1 fully saturated rings. The fourth-order valence-electron chi connectivity index (χ4n) is 4.17. The quantitative estimate of drug-likeness (QED) is 0.339. The van der Waals surface area contributed by atoms with E-state index < -0.39 is 5.91 Å². The summed E-state index contributed by atoms with van der Waals surface area (Å²) in [7, 11) is 5.13. The molecule has 4 rings (SSSR count). The summed E-state index contributed by atoms with van der Waals surface area (Å²) in [6.07, 6.45) is 7.32. The maximum atomic E-state index is 13.0. The number of carbonyl (C=O) groups excluding carboxylic acids is 1. The van der Waals surface area contributed by atoms with Gasteiger partial charge in [0.2, 0.25) is 11.6 Å². The highest BCUT2D eigenvalue weighted by atomic mass is 16.6. The Hall–Kier alpha value is -4.00. The summed E-state index contributed by atoms with van der Waals surface area (Å²) in [5.74, 6) is 0.860. The molecule has 1 saturated carbocycles. The van der Waals surface area contributed by atoms with Crippen molar-refractivity contribution in [3.8, 4) is 17.3 Å². The highest BCUT2D eigenvalue weighted by molar-refractivity contribution is 5.94. The lowest BCUT2D eigenvalue weighted by Crippen LogP contribution is -2.34. The van der Waals surface area contributed by atoms with Crippen LogP contribution in [-0.2, 0) is 6.54 Å². The molecule has 0 atom stereocenters. The number of nitrogen functional groups attached to an aromatic ring is 1. The van der Waals surface area contributed by atoms with Gasteiger partial charge in [-0.3, -0.25) is 9.69 Å². The fourth-order valence-corrected chi connectivity index (χ4v) is 4.17. The number of nitrogens with zero attached hydrogens (tertiary/aromatic N) is 7. The second-order valence-corrected chi connectivity index (χ2v) is 8.29. The summed E-state index contributed by atoms with van der Waals surface area (Å²) in [6.45, 7) is 0.409. The van der Waals surface area contributed by atoms with Crippen LogP contribution in [0.5, 0.6) is 11.5 Å². The third kappa shape index (κ3) is 5.40. The average molecular weight is 484 g/mol. The maximum Gasteiger partial charge on any atom is 0.293 e. The number of ether oxygens (including phenoxy) is 2. The Morgan fingerprint density at radius 1 is 1.26 bits per heavy atom. The molecule has 13 heteroatoms. The minimum atomic E-state index is -0.518. The fraction of sp³-hybridized carbons (Fsp3) is 0.455. The van der Waals surface area contributed by atoms with Crippen LogP contribution in [0.15, 0.2) is 27.9 Å². The zero-order chi connectivity index (χ0) is 24.8. The van der Waals surface area contributed by atoms with Gasteiger partial charge < -0.3 is 15.2 Å². The van der Waals surface area contributed by atoms with Gasteiger partial charge in [0.15, 0.2) is 17.2 Å². The third-order valence-electron chi connectivity index (χ3n) is 6.06. The van der Waals surface area contributed by atoms with Crippen LogP contribution in [-0.4, -0.2) is 69.6 Å². The van der Waals surface area contributed by atoms with Gasteiger partial charge in [-0.1, -0.05) is 24.5 Å². The number of aromatic nitrogens is 5. The molecule has 3 N–H and O–H groups in total. The van der Waals surface area contributed by atoms with E-state index in [4.69, 9.17) is 19.8 Å². The Balaban J connectivity index is 1.55. The first kappa shape index (κ1) is 24.1. The Labute approximate surface area is 202 Å². The molecule has 13 nitrogen and oxygen atoms in total. The molecule has 0 radical (unpaired) electrons. The number of benzene rings is 1. The largest absolute Gasteiger partial charge is 0.493 e. The smallest absolute Gasteiger partial charge is 0.293 e. The normalized spacial score (nSPS) is 14.5. The number of hydrazone groups is 1. The van der Waals surface area contributed by atoms with Crippen molar-refractivity contribution < 1.29 is 18.9 Å². The lowest BCUT2D eigenvalue weighted by molar-refractivity contribution is 0.0947. The van der Waals surface area contributed by atoms with Gasteiger partial charge in [0, 0.05) is 12.6 Å². The van der Waals surface area contributed by atoms with Crippen molar-refractivity contribution in [2.75, 3.05) is 27.0 Å². The van der Waals surface area contributed by atoms with Crippen LogP contribution in [0, 0.1) is 0 Å². The monoisotopic (exact) mass is 483 g/mol. The van der Waals surface area contributed by atoms with Crippen molar-refractivity contribution in [1.29, 1.82) is 0 Å². The molecular formula is C22H29N9O4. The molecule has 1 aromatic carbocycles. The first-order chi connectivity index (χ1) is 17.0. The number of carbonyl (C=O) groups is 1. The van der Waals surface area contributed by atoms with Crippen molar-refractivity contribution in [2.45, 2.75) is 44.7 Å². The number of hydrogen-bond donors (Lipinski definition) is 2. The minimum Gasteiger partial charge on any atom is -0.493 e. The lowest BCUT2D eigenvalue weighted by atomic mass is 9.94. The molecule has 2 heterocycles. The van der Waals surface area contributed by atoms with Gasteiger partial charge in [-0.05, 0) is 54.0 Å². The molecule has 35 heavy (non-hydrogen) atoms. The van der Waals surface area contributed by atoms with Crippen LogP contribution in [0.25, 0.3) is 5.82 Å². The van der Waals surface area contributed by atoms with Crippen molar-refractivity contribution in [2.24, 2.45) is 5.10 Å². The highest BCUT2D eigenvalue weighted by Gasteiger charge is 2.27. The standard InChI is InChI=1S/C22H29N9O4/c1-30(15-7-5-4-6-8-15)13-16-19(25-29-31(16)21-20(23)27-35-28-21)22(32)26-24-12-14-9-10-17(33-2)18(11-14)34-3/h9-12,15H,4-8,13H2,1-3H3,(H2,23,27)(H,26,32). The van der Waals surface area contributed by atoms with E-state index in [9.17, 15) is 4.79 Å². The number of methoxy groups -OCH3 is 2. The number of amides is 1. The van der Waals surface area contributed by atoms with Gasteiger partial charge in [-0.15, -0.1) is 5.10 Å². The highest BCUT2D eigenvalue weighted by Crippen LogP contribution is 2.27. The molecule has 186 valence electrons. The van der Waals surface area contributed by atoms with Crippen molar-refractivity contribution in [1.82, 2.24) is 35.6 Å². The first-order valence-corrected chi connectivity index (χ1v) is 11.3. The lowest BCUT2D eigenvalue weighted by Gasteiger charge is -2.31. The van der Waals surface area contributed by atoms with Gasteiger partial charge in [0.25, 0.3) is 5.91 Å². The van der Waals surface area contributed by atoms with E-state index in [1.165, 1.54) is 30.2 Å². The molecule has 0 spiro atoms. The first-order valence-electron chi connectivity index (χ1n) is 11.3. The maximum absolute atomic E-state index is 13.0. The van der Waals surface area contributed by atoms with Gasteiger partial charge in [0.05, 0.1) is 26.1 Å². The van der Waals surface area contributed by atoms with Gasteiger partial charge in [-0.25, -0.2) is 10.1 Å². The Kier molecular flexibility index (Phi) is 7.55. The summed E-state index contributed by atoms with van der Waals surface area (Å²) in [5, 5.41) is 19.7. The van der Waals surface area contributed by atoms with E-state index in [1.807, 2.05) is 7.05 Å². The van der Waals surface area contributed by atoms with Crippen LogP contribution in [0.1, 0.15) is 53.8 Å². The Morgan fingerprint density at radius 3 is 2.71 bits per heavy atom. The summed E-state index contributed by atoms with van der Waals surface area (Å²) < 4.78 is 16.6. The average Bonchev–Trinajstić information content (AvgIpc) is 3.49. The Morgan fingerprint density at radius 2 is 2.03 bits per heavy atom. The molecule has 0 unspecified atom stereocenters. The van der Waals surface area contributed by atoms with Crippen LogP contribution in [0.3, 0.4) is 0 Å². The van der Waals surface area contributed by atoms with Crippen molar-refractivity contribution in [3.63, 3.8) is 0 Å². The van der Waals surface area contributed by atoms with E-state index in [1.54, 1.807) is 32.4 Å². The predicted octanol–water partition coefficient (Wildman–Crippen LogP) is 1.78. The Bertz CT molecular complexity index is 1180. The van der Waals surface area contributed by atoms with Crippen LogP contribution in [0.2, 0.25) is 0 Å². The van der Waals surface area contributed by atoms with Crippen LogP contribution in [0.4, 0.5) is 5.82 Å². The number of hydrogen-bond acceptors (Lipinski definition) is 11. The van der Waals surface area contributed by atoms with E-state index in [0.29, 0.717) is 35.3 Å². The van der Waals surface area contributed by atoms with E-state index in [-0.39, 0.29) is 17.3 Å². The van der Waals surface area contributed by atoms with E-state index in [0.717, 1.165) is 12.8 Å². The summed E-state index contributed by atoms with van der Waals surface area (Å²) >= 11 is 0. The zero-order valence-corrected chi connectivity index (χ0v) is 20.0. The number of nitrogens with one attached hydrogen (secondary N) is 1. The molecule has 0 saturated heterocycles. The number of anilines is 1. The molecule has 1 aliphatic carbocycles. The zero-order valence-electron chi connectivity index (χ0n) is 20.0. The second-order valence-electron chi connectivity index (χ2n) is 8.29. The van der Waals surface area contributed by atoms with Crippen LogP contribution < -0.4 is 20.6 Å². The molecule has 0 aliphatic heterocycles. The van der Waals surface area contributed by atoms with E-state index in [2.05, 4.69) is 36.1 Å². The molecule has 0 bridgehead atoms. The SMILES string of the molecule is COc1ccc(C=NNC(=O)c2nnn(-c3nonc3N)c2CN(C)C2CCCCC2)cc1OC. The molecule has 3 aromatic rings. The predicted molar refractivity (Wildman–Crippen MR) is 127 cm³/mol.